The van der Waals surface area contributed by atoms with E-state index in [2.05, 4.69) is 0 Å². The van der Waals surface area contributed by atoms with E-state index >= 15 is 0 Å². The molecule has 2 unspecified atom stereocenters. The average molecular weight is 291 g/mol. The molecule has 5 heteroatoms. The van der Waals surface area contributed by atoms with Crippen molar-refractivity contribution < 1.29 is 19.4 Å². The van der Waals surface area contributed by atoms with Crippen LogP contribution in [0.15, 0.2) is 18.2 Å². The Morgan fingerprint density at radius 3 is 3.00 bits per heavy atom. The van der Waals surface area contributed by atoms with E-state index in [4.69, 9.17) is 9.47 Å². The molecule has 0 aromatic heterocycles. The number of carbonyl (C=O) groups is 1. The van der Waals surface area contributed by atoms with Crippen molar-refractivity contribution in [2.24, 2.45) is 0 Å². The standard InChI is InChI=1S/C16H21NO4/c1-11(18)8-13-4-2-3-7-17(13)16(19)12-5-6-14-15(9-12)21-10-20-14/h5-6,9,11,13,18H,2-4,7-8,10H2,1H3. The number of piperidine rings is 1. The summed E-state index contributed by atoms with van der Waals surface area (Å²) in [4.78, 5) is 14.6. The second-order valence-electron chi connectivity index (χ2n) is 5.80. The number of rotatable bonds is 3. The molecule has 2 heterocycles. The van der Waals surface area contributed by atoms with E-state index in [1.54, 1.807) is 25.1 Å². The number of nitrogens with zero attached hydrogens (tertiary/aromatic N) is 1. The van der Waals surface area contributed by atoms with Crippen LogP contribution < -0.4 is 9.47 Å². The maximum absolute atomic E-state index is 12.7. The number of aliphatic hydroxyl groups excluding tert-OH is 1. The van der Waals surface area contributed by atoms with Crippen LogP contribution in [0.1, 0.15) is 43.0 Å². The van der Waals surface area contributed by atoms with Crippen LogP contribution >= 0.6 is 0 Å². The minimum atomic E-state index is -0.389. The van der Waals surface area contributed by atoms with Crippen molar-refractivity contribution in [1.29, 1.82) is 0 Å². The molecule has 1 aromatic rings. The van der Waals surface area contributed by atoms with Gasteiger partial charge in [0.2, 0.25) is 6.79 Å². The fraction of sp³-hybridized carbons (Fsp3) is 0.562. The third-order valence-electron chi connectivity index (χ3n) is 4.12. The topological polar surface area (TPSA) is 59.0 Å². The summed E-state index contributed by atoms with van der Waals surface area (Å²) in [5, 5.41) is 9.63. The quantitative estimate of drug-likeness (QED) is 0.927. The molecule has 1 saturated heterocycles. The monoisotopic (exact) mass is 291 g/mol. The summed E-state index contributed by atoms with van der Waals surface area (Å²) < 4.78 is 10.6. The van der Waals surface area contributed by atoms with Gasteiger partial charge in [0.05, 0.1) is 6.10 Å². The number of likely N-dealkylation sites (tertiary alicyclic amines) is 1. The van der Waals surface area contributed by atoms with Crippen molar-refractivity contribution in [1.82, 2.24) is 4.90 Å². The van der Waals surface area contributed by atoms with Crippen LogP contribution in [0.3, 0.4) is 0 Å². The molecule has 0 aliphatic carbocycles. The van der Waals surface area contributed by atoms with Gasteiger partial charge >= 0.3 is 0 Å². The van der Waals surface area contributed by atoms with Crippen molar-refractivity contribution in [2.75, 3.05) is 13.3 Å². The van der Waals surface area contributed by atoms with Crippen LogP contribution in [-0.2, 0) is 0 Å². The lowest BCUT2D eigenvalue weighted by Gasteiger charge is -2.36. The van der Waals surface area contributed by atoms with E-state index in [9.17, 15) is 9.90 Å². The summed E-state index contributed by atoms with van der Waals surface area (Å²) in [5.74, 6) is 1.33. The Hall–Kier alpha value is -1.75. The molecule has 1 amide bonds. The van der Waals surface area contributed by atoms with Gasteiger partial charge < -0.3 is 19.5 Å². The largest absolute Gasteiger partial charge is 0.454 e. The van der Waals surface area contributed by atoms with Crippen LogP contribution in [-0.4, -0.2) is 41.4 Å². The SMILES string of the molecule is CC(O)CC1CCCCN1C(=O)c1ccc2c(c1)OCO2. The zero-order valence-corrected chi connectivity index (χ0v) is 12.2. The number of fused-ring (bicyclic) bond motifs is 1. The minimum Gasteiger partial charge on any atom is -0.454 e. The highest BCUT2D eigenvalue weighted by atomic mass is 16.7. The second kappa shape index (κ2) is 5.93. The highest BCUT2D eigenvalue weighted by molar-refractivity contribution is 5.95. The Morgan fingerprint density at radius 2 is 2.19 bits per heavy atom. The van der Waals surface area contributed by atoms with Crippen LogP contribution in [0.2, 0.25) is 0 Å². The Balaban J connectivity index is 1.79. The zero-order valence-electron chi connectivity index (χ0n) is 12.2. The van der Waals surface area contributed by atoms with Crippen molar-refractivity contribution in [2.45, 2.75) is 44.8 Å². The second-order valence-corrected chi connectivity index (χ2v) is 5.80. The van der Waals surface area contributed by atoms with Crippen LogP contribution in [0.25, 0.3) is 0 Å². The number of ether oxygens (including phenoxy) is 2. The van der Waals surface area contributed by atoms with E-state index < -0.39 is 0 Å². The van der Waals surface area contributed by atoms with E-state index in [1.165, 1.54) is 0 Å². The van der Waals surface area contributed by atoms with Gasteiger partial charge in [0.1, 0.15) is 0 Å². The zero-order chi connectivity index (χ0) is 14.8. The summed E-state index contributed by atoms with van der Waals surface area (Å²) in [6.07, 6.45) is 3.34. The van der Waals surface area contributed by atoms with Crippen molar-refractivity contribution >= 4 is 5.91 Å². The molecule has 2 aliphatic heterocycles. The molecule has 2 aliphatic rings. The molecule has 0 radical (unpaired) electrons. The molecule has 1 N–H and O–H groups in total. The maximum Gasteiger partial charge on any atom is 0.254 e. The summed E-state index contributed by atoms with van der Waals surface area (Å²) in [5.41, 5.74) is 0.622. The van der Waals surface area contributed by atoms with Crippen molar-refractivity contribution in [3.05, 3.63) is 23.8 Å². The first-order valence-corrected chi connectivity index (χ1v) is 7.54. The molecule has 1 fully saturated rings. The number of hydrogen-bond donors (Lipinski definition) is 1. The average Bonchev–Trinajstić information content (AvgIpc) is 2.94. The van der Waals surface area contributed by atoms with Gasteiger partial charge in [0, 0.05) is 18.2 Å². The van der Waals surface area contributed by atoms with E-state index in [0.717, 1.165) is 25.8 Å². The molecular weight excluding hydrogens is 270 g/mol. The van der Waals surface area contributed by atoms with Crippen LogP contribution in [0.5, 0.6) is 11.5 Å². The smallest absolute Gasteiger partial charge is 0.254 e. The summed E-state index contributed by atoms with van der Waals surface area (Å²) in [6.45, 7) is 2.74. The predicted molar refractivity (Wildman–Crippen MR) is 77.5 cm³/mol. The fourth-order valence-electron chi connectivity index (χ4n) is 3.10. The van der Waals surface area contributed by atoms with E-state index in [-0.39, 0.29) is 24.8 Å². The van der Waals surface area contributed by atoms with Gasteiger partial charge in [-0.05, 0) is 50.8 Å². The molecule has 2 atom stereocenters. The molecule has 0 bridgehead atoms. The molecule has 3 rings (SSSR count). The lowest BCUT2D eigenvalue weighted by atomic mass is 9.96. The third-order valence-corrected chi connectivity index (χ3v) is 4.12. The van der Waals surface area contributed by atoms with E-state index in [0.29, 0.717) is 23.5 Å². The molecule has 1 aromatic carbocycles. The number of hydrogen-bond acceptors (Lipinski definition) is 4. The van der Waals surface area contributed by atoms with Gasteiger partial charge in [-0.15, -0.1) is 0 Å². The van der Waals surface area contributed by atoms with Crippen molar-refractivity contribution in [3.63, 3.8) is 0 Å². The van der Waals surface area contributed by atoms with Crippen LogP contribution in [0.4, 0.5) is 0 Å². The first-order chi connectivity index (χ1) is 10.1. The molecular formula is C16H21NO4. The normalized spacial score (nSPS) is 22.2. The first kappa shape index (κ1) is 14.2. The molecule has 21 heavy (non-hydrogen) atoms. The number of benzene rings is 1. The van der Waals surface area contributed by atoms with Crippen molar-refractivity contribution in [3.8, 4) is 11.5 Å². The summed E-state index contributed by atoms with van der Waals surface area (Å²) in [7, 11) is 0. The highest BCUT2D eigenvalue weighted by Crippen LogP contribution is 2.33. The number of carbonyl (C=O) groups excluding carboxylic acids is 1. The fourth-order valence-corrected chi connectivity index (χ4v) is 3.10. The molecule has 114 valence electrons. The Bertz CT molecular complexity index is 529. The Labute approximate surface area is 124 Å². The van der Waals surface area contributed by atoms with Gasteiger partial charge in [-0.2, -0.15) is 0 Å². The third kappa shape index (κ3) is 2.97. The van der Waals surface area contributed by atoms with Gasteiger partial charge in [-0.25, -0.2) is 0 Å². The molecule has 5 nitrogen and oxygen atoms in total. The Kier molecular flexibility index (Phi) is 4.01. The van der Waals surface area contributed by atoms with Gasteiger partial charge in [-0.3, -0.25) is 4.79 Å². The summed E-state index contributed by atoms with van der Waals surface area (Å²) >= 11 is 0. The maximum atomic E-state index is 12.7. The minimum absolute atomic E-state index is 0.0126. The first-order valence-electron chi connectivity index (χ1n) is 7.54. The lowest BCUT2D eigenvalue weighted by Crippen LogP contribution is -2.45. The molecule has 0 spiro atoms. The number of amides is 1. The predicted octanol–water partition coefficient (Wildman–Crippen LogP) is 2.18. The highest BCUT2D eigenvalue weighted by Gasteiger charge is 2.29. The van der Waals surface area contributed by atoms with E-state index in [1.807, 2.05) is 4.90 Å². The van der Waals surface area contributed by atoms with Crippen LogP contribution in [0, 0.1) is 0 Å². The lowest BCUT2D eigenvalue weighted by molar-refractivity contribution is 0.0514. The van der Waals surface area contributed by atoms with Gasteiger partial charge in [-0.1, -0.05) is 0 Å². The number of aliphatic hydroxyl groups is 1. The van der Waals surface area contributed by atoms with Gasteiger partial charge in [0.25, 0.3) is 5.91 Å². The Morgan fingerprint density at radius 1 is 1.38 bits per heavy atom. The van der Waals surface area contributed by atoms with Gasteiger partial charge in [0.15, 0.2) is 11.5 Å². The summed E-state index contributed by atoms with van der Waals surface area (Å²) in [6, 6.07) is 5.43. The molecule has 0 saturated carbocycles.